The van der Waals surface area contributed by atoms with E-state index >= 15 is 0 Å². The van der Waals surface area contributed by atoms with E-state index in [-0.39, 0.29) is 5.92 Å². The number of hydrogen-bond acceptors (Lipinski definition) is 2. The summed E-state index contributed by atoms with van der Waals surface area (Å²) < 4.78 is 2.04. The van der Waals surface area contributed by atoms with Gasteiger partial charge in [0, 0.05) is 18.4 Å². The molecule has 0 amide bonds. The molecule has 0 bridgehead atoms. The lowest BCUT2D eigenvalue weighted by molar-refractivity contribution is -0.142. The molecule has 2 N–H and O–H groups in total. The zero-order valence-corrected chi connectivity index (χ0v) is 10.2. The molecule has 0 saturated heterocycles. The van der Waals surface area contributed by atoms with E-state index in [2.05, 4.69) is 9.97 Å². The largest absolute Gasteiger partial charge is 0.481 e. The van der Waals surface area contributed by atoms with E-state index in [0.717, 1.165) is 29.3 Å². The highest BCUT2D eigenvalue weighted by atomic mass is 16.4. The minimum Gasteiger partial charge on any atom is -0.481 e. The van der Waals surface area contributed by atoms with Crippen LogP contribution in [0.25, 0.3) is 11.4 Å². The summed E-state index contributed by atoms with van der Waals surface area (Å²) in [5.41, 5.74) is 3.11. The summed E-state index contributed by atoms with van der Waals surface area (Å²) in [6, 6.07) is 3.94. The normalized spacial score (nSPS) is 18.6. The first kappa shape index (κ1) is 11.1. The van der Waals surface area contributed by atoms with Gasteiger partial charge in [0.25, 0.3) is 0 Å². The first-order valence-electron chi connectivity index (χ1n) is 6.09. The van der Waals surface area contributed by atoms with Gasteiger partial charge in [-0.1, -0.05) is 0 Å². The Morgan fingerprint density at radius 3 is 3.11 bits per heavy atom. The van der Waals surface area contributed by atoms with Crippen molar-refractivity contribution in [3.05, 3.63) is 29.8 Å². The van der Waals surface area contributed by atoms with Crippen LogP contribution in [-0.2, 0) is 17.8 Å². The third-order valence-corrected chi connectivity index (χ3v) is 3.60. The number of fused-ring (bicyclic) bond motifs is 1. The third-order valence-electron chi connectivity index (χ3n) is 3.60. The third kappa shape index (κ3) is 1.63. The number of carboxylic acid groups (broad SMARTS) is 1. The average molecular weight is 245 g/mol. The minimum atomic E-state index is -0.713. The second-order valence-electron chi connectivity index (χ2n) is 4.72. The molecule has 1 atom stereocenters. The number of carboxylic acids is 1. The van der Waals surface area contributed by atoms with E-state index in [0.29, 0.717) is 13.0 Å². The van der Waals surface area contributed by atoms with Gasteiger partial charge in [-0.3, -0.25) is 4.79 Å². The first-order chi connectivity index (χ1) is 8.66. The minimum absolute atomic E-state index is 0.290. The van der Waals surface area contributed by atoms with E-state index in [9.17, 15) is 4.79 Å². The standard InChI is InChI=1S/C13H15N3O2/c1-8-15-12(10-3-2-6-14-10)11-5-4-9(13(17)18)7-16(8)11/h2-3,6,9,14H,4-5,7H2,1H3,(H,17,18). The van der Waals surface area contributed by atoms with Crippen LogP contribution in [0.2, 0.25) is 0 Å². The number of hydrogen-bond donors (Lipinski definition) is 2. The molecule has 0 aromatic carbocycles. The van der Waals surface area contributed by atoms with Crippen LogP contribution in [-0.4, -0.2) is 25.6 Å². The fraction of sp³-hybridized carbons (Fsp3) is 0.385. The smallest absolute Gasteiger partial charge is 0.308 e. The van der Waals surface area contributed by atoms with Crippen LogP contribution in [0.5, 0.6) is 0 Å². The van der Waals surface area contributed by atoms with Gasteiger partial charge in [0.2, 0.25) is 0 Å². The van der Waals surface area contributed by atoms with Crippen molar-refractivity contribution in [2.75, 3.05) is 0 Å². The van der Waals surface area contributed by atoms with Crippen molar-refractivity contribution in [2.45, 2.75) is 26.3 Å². The molecule has 3 heterocycles. The summed E-state index contributed by atoms with van der Waals surface area (Å²) in [7, 11) is 0. The van der Waals surface area contributed by atoms with Crippen LogP contribution in [0.4, 0.5) is 0 Å². The zero-order chi connectivity index (χ0) is 12.7. The predicted molar refractivity (Wildman–Crippen MR) is 66.2 cm³/mol. The summed E-state index contributed by atoms with van der Waals surface area (Å²) in [4.78, 5) is 18.8. The molecular formula is C13H15N3O2. The lowest BCUT2D eigenvalue weighted by Gasteiger charge is -2.22. The van der Waals surface area contributed by atoms with Crippen molar-refractivity contribution in [3.8, 4) is 11.4 Å². The van der Waals surface area contributed by atoms with Gasteiger partial charge in [-0.2, -0.15) is 0 Å². The molecule has 0 fully saturated rings. The maximum atomic E-state index is 11.1. The number of nitrogens with zero attached hydrogens (tertiary/aromatic N) is 2. The Hall–Kier alpha value is -2.04. The van der Waals surface area contributed by atoms with Gasteiger partial charge in [-0.05, 0) is 31.9 Å². The van der Waals surface area contributed by atoms with E-state index in [1.165, 1.54) is 0 Å². The highest BCUT2D eigenvalue weighted by Gasteiger charge is 2.28. The molecular weight excluding hydrogens is 230 g/mol. The number of imidazole rings is 1. The van der Waals surface area contributed by atoms with Crippen LogP contribution in [0, 0.1) is 12.8 Å². The number of nitrogens with one attached hydrogen (secondary N) is 1. The maximum absolute atomic E-state index is 11.1. The highest BCUT2D eigenvalue weighted by Crippen LogP contribution is 2.29. The Morgan fingerprint density at radius 2 is 2.44 bits per heavy atom. The molecule has 1 unspecified atom stereocenters. The van der Waals surface area contributed by atoms with Gasteiger partial charge < -0.3 is 14.7 Å². The molecule has 2 aromatic rings. The van der Waals surface area contributed by atoms with Crippen molar-refractivity contribution >= 4 is 5.97 Å². The predicted octanol–water partition coefficient (Wildman–Crippen LogP) is 1.83. The van der Waals surface area contributed by atoms with Gasteiger partial charge >= 0.3 is 5.97 Å². The fourth-order valence-electron chi connectivity index (χ4n) is 2.62. The second kappa shape index (κ2) is 4.01. The molecule has 5 nitrogen and oxygen atoms in total. The monoisotopic (exact) mass is 245 g/mol. The van der Waals surface area contributed by atoms with Gasteiger partial charge in [-0.25, -0.2) is 4.98 Å². The molecule has 0 aliphatic carbocycles. The summed E-state index contributed by atoms with van der Waals surface area (Å²) in [6.45, 7) is 2.46. The van der Waals surface area contributed by atoms with Crippen molar-refractivity contribution in [2.24, 2.45) is 5.92 Å². The number of H-pyrrole nitrogens is 1. The van der Waals surface area contributed by atoms with Crippen LogP contribution in [0.15, 0.2) is 18.3 Å². The van der Waals surface area contributed by atoms with Gasteiger partial charge in [0.05, 0.1) is 11.6 Å². The molecule has 3 rings (SSSR count). The molecule has 1 aliphatic heterocycles. The van der Waals surface area contributed by atoms with Gasteiger partial charge in [0.1, 0.15) is 11.5 Å². The summed E-state index contributed by atoms with van der Waals surface area (Å²) in [6.07, 6.45) is 3.33. The quantitative estimate of drug-likeness (QED) is 0.848. The van der Waals surface area contributed by atoms with Crippen molar-refractivity contribution in [3.63, 3.8) is 0 Å². The Kier molecular flexibility index (Phi) is 2.47. The Bertz CT molecular complexity index is 584. The fourth-order valence-corrected chi connectivity index (χ4v) is 2.62. The molecule has 18 heavy (non-hydrogen) atoms. The molecule has 1 aliphatic rings. The Balaban J connectivity index is 2.03. The number of carbonyl (C=O) groups is 1. The number of aryl methyl sites for hydroxylation is 1. The van der Waals surface area contributed by atoms with Gasteiger partial charge in [0.15, 0.2) is 0 Å². The maximum Gasteiger partial charge on any atom is 0.308 e. The average Bonchev–Trinajstić information content (AvgIpc) is 2.97. The summed E-state index contributed by atoms with van der Waals surface area (Å²) in [5, 5.41) is 9.11. The lowest BCUT2D eigenvalue weighted by Crippen LogP contribution is -2.27. The number of aromatic amines is 1. The van der Waals surface area contributed by atoms with E-state index in [1.807, 2.05) is 29.8 Å². The van der Waals surface area contributed by atoms with Gasteiger partial charge in [-0.15, -0.1) is 0 Å². The van der Waals surface area contributed by atoms with Crippen LogP contribution in [0.3, 0.4) is 0 Å². The van der Waals surface area contributed by atoms with E-state index in [4.69, 9.17) is 5.11 Å². The lowest BCUT2D eigenvalue weighted by atomic mass is 9.97. The molecule has 2 aromatic heterocycles. The topological polar surface area (TPSA) is 70.9 Å². The van der Waals surface area contributed by atoms with Crippen molar-refractivity contribution < 1.29 is 9.90 Å². The highest BCUT2D eigenvalue weighted by molar-refractivity contribution is 5.70. The summed E-state index contributed by atoms with van der Waals surface area (Å²) in [5.74, 6) is -0.113. The molecule has 5 heteroatoms. The summed E-state index contributed by atoms with van der Waals surface area (Å²) >= 11 is 0. The second-order valence-corrected chi connectivity index (χ2v) is 4.72. The molecule has 0 spiro atoms. The Morgan fingerprint density at radius 1 is 1.61 bits per heavy atom. The van der Waals surface area contributed by atoms with Crippen LogP contribution in [0.1, 0.15) is 17.9 Å². The number of aliphatic carboxylic acids is 1. The van der Waals surface area contributed by atoms with E-state index < -0.39 is 5.97 Å². The molecule has 0 radical (unpaired) electrons. The zero-order valence-electron chi connectivity index (χ0n) is 10.2. The van der Waals surface area contributed by atoms with Crippen molar-refractivity contribution in [1.82, 2.24) is 14.5 Å². The molecule has 94 valence electrons. The van der Waals surface area contributed by atoms with Crippen LogP contribution >= 0.6 is 0 Å². The SMILES string of the molecule is Cc1nc(-c2ccc[nH]2)c2n1CC(C(=O)O)CC2. The van der Waals surface area contributed by atoms with Crippen molar-refractivity contribution in [1.29, 1.82) is 0 Å². The Labute approximate surface area is 104 Å². The first-order valence-corrected chi connectivity index (χ1v) is 6.09. The molecule has 0 saturated carbocycles. The number of rotatable bonds is 2. The van der Waals surface area contributed by atoms with Crippen LogP contribution < -0.4 is 0 Å². The van der Waals surface area contributed by atoms with E-state index in [1.54, 1.807) is 0 Å². The number of aromatic nitrogens is 3.